The topological polar surface area (TPSA) is 12.0 Å². The maximum atomic E-state index is 12.0. The summed E-state index contributed by atoms with van der Waals surface area (Å²) in [5.74, 6) is 0.471. The molecule has 3 heteroatoms. The Labute approximate surface area is 69.2 Å². The third-order valence-electron chi connectivity index (χ3n) is 2.60. The lowest BCUT2D eigenvalue weighted by atomic mass is 9.82. The van der Waals surface area contributed by atoms with Crippen molar-refractivity contribution in [2.24, 2.45) is 5.92 Å². The number of hydrogen-bond donors (Lipinski definition) is 1. The van der Waals surface area contributed by atoms with Crippen LogP contribution >= 0.6 is 0 Å². The van der Waals surface area contributed by atoms with Crippen molar-refractivity contribution in [3.63, 3.8) is 0 Å². The molecule has 2 atom stereocenters. The van der Waals surface area contributed by atoms with Gasteiger partial charge in [-0.3, -0.25) is 4.39 Å². The fourth-order valence-electron chi connectivity index (χ4n) is 1.91. The van der Waals surface area contributed by atoms with E-state index in [9.17, 15) is 4.39 Å². The third-order valence-corrected chi connectivity index (χ3v) is 2.60. The first kappa shape index (κ1) is 9.05. The molecule has 1 saturated carbocycles. The highest BCUT2D eigenvalue weighted by Crippen LogP contribution is 2.26. The van der Waals surface area contributed by atoms with E-state index in [0.717, 1.165) is 12.8 Å². The summed E-state index contributed by atoms with van der Waals surface area (Å²) in [4.78, 5) is 0. The molecule has 0 amide bonds. The number of hydrogen-bond acceptors (Lipinski definition) is 1. The molecular formula is C8H15BFN. The van der Waals surface area contributed by atoms with Gasteiger partial charge in [0, 0.05) is 0 Å². The first-order valence-electron chi connectivity index (χ1n) is 4.40. The molecule has 0 spiro atoms. The molecule has 1 nitrogen and oxygen atoms in total. The van der Waals surface area contributed by atoms with E-state index in [0.29, 0.717) is 18.4 Å². The minimum atomic E-state index is -0.206. The highest BCUT2D eigenvalue weighted by Gasteiger charge is 2.22. The van der Waals surface area contributed by atoms with Crippen LogP contribution in [0.3, 0.4) is 0 Å². The molecule has 62 valence electrons. The van der Waals surface area contributed by atoms with Crippen molar-refractivity contribution in [2.75, 3.05) is 6.67 Å². The molecule has 1 rings (SSSR count). The molecule has 0 aromatic rings. The van der Waals surface area contributed by atoms with Crippen molar-refractivity contribution in [3.8, 4) is 0 Å². The summed E-state index contributed by atoms with van der Waals surface area (Å²) in [5.41, 5.74) is 0. The van der Waals surface area contributed by atoms with Crippen LogP contribution in [0.25, 0.3) is 0 Å². The molecule has 0 bridgehead atoms. The minimum Gasteiger partial charge on any atom is -0.363 e. The van der Waals surface area contributed by atoms with Gasteiger partial charge >= 0.3 is 0 Å². The second-order valence-electron chi connectivity index (χ2n) is 3.30. The second kappa shape index (κ2) is 4.76. The summed E-state index contributed by atoms with van der Waals surface area (Å²) in [5, 5.41) is 2.77. The molecule has 2 unspecified atom stereocenters. The average Bonchev–Trinajstić information content (AvgIpc) is 2.06. The molecule has 0 saturated heterocycles. The van der Waals surface area contributed by atoms with Crippen molar-refractivity contribution in [1.29, 1.82) is 0 Å². The fourth-order valence-corrected chi connectivity index (χ4v) is 1.91. The van der Waals surface area contributed by atoms with E-state index in [-0.39, 0.29) is 6.67 Å². The lowest BCUT2D eigenvalue weighted by Gasteiger charge is -2.30. The summed E-state index contributed by atoms with van der Waals surface area (Å²) in [6.07, 6.45) is 5.40. The van der Waals surface area contributed by atoms with Crippen molar-refractivity contribution < 1.29 is 4.39 Å². The van der Waals surface area contributed by atoms with Gasteiger partial charge in [0.15, 0.2) is 7.98 Å². The Morgan fingerprint density at radius 1 is 1.36 bits per heavy atom. The van der Waals surface area contributed by atoms with E-state index in [4.69, 9.17) is 7.98 Å². The average molecular weight is 155 g/mol. The molecule has 1 aliphatic carbocycles. The molecule has 1 fully saturated rings. The Morgan fingerprint density at radius 3 is 2.73 bits per heavy atom. The normalized spacial score (nSPS) is 32.1. The molecular weight excluding hydrogens is 140 g/mol. The van der Waals surface area contributed by atoms with Crippen molar-refractivity contribution in [3.05, 3.63) is 0 Å². The lowest BCUT2D eigenvalue weighted by Crippen LogP contribution is -2.37. The van der Waals surface area contributed by atoms with Gasteiger partial charge in [-0.2, -0.15) is 0 Å². The van der Waals surface area contributed by atoms with Gasteiger partial charge in [0.25, 0.3) is 0 Å². The van der Waals surface area contributed by atoms with E-state index in [2.05, 4.69) is 5.23 Å². The highest BCUT2D eigenvalue weighted by molar-refractivity contribution is 6.04. The van der Waals surface area contributed by atoms with E-state index in [1.807, 2.05) is 0 Å². The van der Waals surface area contributed by atoms with E-state index >= 15 is 0 Å². The number of nitrogens with one attached hydrogen (secondary N) is 1. The van der Waals surface area contributed by atoms with Crippen LogP contribution in [0.5, 0.6) is 0 Å². The van der Waals surface area contributed by atoms with Crippen molar-refractivity contribution in [1.82, 2.24) is 5.23 Å². The third kappa shape index (κ3) is 2.47. The van der Waals surface area contributed by atoms with E-state index in [1.165, 1.54) is 12.8 Å². The summed E-state index contributed by atoms with van der Waals surface area (Å²) >= 11 is 0. The minimum absolute atomic E-state index is 0.206. The van der Waals surface area contributed by atoms with Gasteiger partial charge in [-0.1, -0.05) is 12.8 Å². The van der Waals surface area contributed by atoms with Crippen LogP contribution in [-0.2, 0) is 0 Å². The Morgan fingerprint density at radius 2 is 2.09 bits per heavy atom. The van der Waals surface area contributed by atoms with Gasteiger partial charge in [-0.15, -0.1) is 0 Å². The number of rotatable bonds is 3. The molecule has 1 aliphatic rings. The number of alkyl halides is 1. The Kier molecular flexibility index (Phi) is 3.91. The maximum Gasteiger partial charge on any atom is 0.178 e. The zero-order chi connectivity index (χ0) is 8.10. The first-order valence-corrected chi connectivity index (χ1v) is 4.40. The quantitative estimate of drug-likeness (QED) is 0.610. The Bertz CT molecular complexity index is 108. The standard InChI is InChI=1S/C8H15BFN/c9-11-8-4-2-1-3-7(8)5-6-10/h7-8,11H,1-6H2. The fraction of sp³-hybridized carbons (Fsp3) is 1.00. The van der Waals surface area contributed by atoms with Crippen LogP contribution in [0.15, 0.2) is 0 Å². The molecule has 0 aromatic carbocycles. The van der Waals surface area contributed by atoms with Crippen molar-refractivity contribution in [2.45, 2.75) is 38.1 Å². The van der Waals surface area contributed by atoms with Gasteiger partial charge in [0.05, 0.1) is 6.67 Å². The second-order valence-corrected chi connectivity index (χ2v) is 3.30. The lowest BCUT2D eigenvalue weighted by molar-refractivity contribution is 0.254. The Hall–Kier alpha value is -0.0451. The zero-order valence-electron chi connectivity index (χ0n) is 6.85. The van der Waals surface area contributed by atoms with Crippen LogP contribution in [0.4, 0.5) is 4.39 Å². The summed E-state index contributed by atoms with van der Waals surface area (Å²) in [6, 6.07) is 0.361. The van der Waals surface area contributed by atoms with Gasteiger partial charge in [0.1, 0.15) is 0 Å². The smallest absolute Gasteiger partial charge is 0.178 e. The molecule has 0 aliphatic heterocycles. The first-order chi connectivity index (χ1) is 5.38. The molecule has 1 N–H and O–H groups in total. The Balaban J connectivity index is 2.31. The van der Waals surface area contributed by atoms with Crippen LogP contribution < -0.4 is 5.23 Å². The molecule has 2 radical (unpaired) electrons. The maximum absolute atomic E-state index is 12.0. The van der Waals surface area contributed by atoms with Crippen LogP contribution in [-0.4, -0.2) is 20.7 Å². The summed E-state index contributed by atoms with van der Waals surface area (Å²) in [6.45, 7) is -0.206. The van der Waals surface area contributed by atoms with E-state index < -0.39 is 0 Å². The van der Waals surface area contributed by atoms with Crippen molar-refractivity contribution >= 4 is 7.98 Å². The van der Waals surface area contributed by atoms with Crippen LogP contribution in [0, 0.1) is 5.92 Å². The largest absolute Gasteiger partial charge is 0.363 e. The van der Waals surface area contributed by atoms with Gasteiger partial charge < -0.3 is 5.23 Å². The summed E-state index contributed by atoms with van der Waals surface area (Å²) in [7, 11) is 5.35. The summed E-state index contributed by atoms with van der Waals surface area (Å²) < 4.78 is 12.0. The monoisotopic (exact) mass is 155 g/mol. The zero-order valence-corrected chi connectivity index (χ0v) is 6.85. The molecule has 0 heterocycles. The predicted molar refractivity (Wildman–Crippen MR) is 45.2 cm³/mol. The van der Waals surface area contributed by atoms with Gasteiger partial charge in [-0.25, -0.2) is 0 Å². The predicted octanol–water partition coefficient (Wildman–Crippen LogP) is 1.58. The van der Waals surface area contributed by atoms with Gasteiger partial charge in [0.2, 0.25) is 0 Å². The molecule has 0 aromatic heterocycles. The van der Waals surface area contributed by atoms with Gasteiger partial charge in [-0.05, 0) is 31.2 Å². The highest BCUT2D eigenvalue weighted by atomic mass is 19.1. The van der Waals surface area contributed by atoms with E-state index in [1.54, 1.807) is 0 Å². The SMILES string of the molecule is [B]NC1CCCCC1CCF. The van der Waals surface area contributed by atoms with Crippen LogP contribution in [0.1, 0.15) is 32.1 Å². The molecule has 11 heavy (non-hydrogen) atoms. The number of halogens is 1. The van der Waals surface area contributed by atoms with Crippen LogP contribution in [0.2, 0.25) is 0 Å².